The Hall–Kier alpha value is -1.31. The van der Waals surface area contributed by atoms with Gasteiger partial charge in [0.2, 0.25) is 0 Å². The van der Waals surface area contributed by atoms with Crippen LogP contribution in [0, 0.1) is 5.82 Å². The summed E-state index contributed by atoms with van der Waals surface area (Å²) in [6.45, 7) is 1.97. The van der Waals surface area contributed by atoms with Crippen LogP contribution in [0.4, 0.5) is 4.39 Å². The van der Waals surface area contributed by atoms with E-state index in [9.17, 15) is 4.39 Å². The standard InChI is InChI=1S/C11H12FN/c1-3-8-4-5-9-6-7-13(2)11(9)10(8)12/h4-7H,3H2,1-2H3. The first-order chi connectivity index (χ1) is 6.24. The molecule has 1 heterocycles. The highest BCUT2D eigenvalue weighted by molar-refractivity contribution is 5.81. The van der Waals surface area contributed by atoms with Crippen LogP contribution in [0.5, 0.6) is 0 Å². The first-order valence-corrected chi connectivity index (χ1v) is 4.46. The Morgan fingerprint density at radius 3 is 2.77 bits per heavy atom. The maximum Gasteiger partial charge on any atom is 0.150 e. The van der Waals surface area contributed by atoms with E-state index in [1.54, 1.807) is 0 Å². The summed E-state index contributed by atoms with van der Waals surface area (Å²) in [7, 11) is 1.87. The number of hydrogen-bond acceptors (Lipinski definition) is 0. The summed E-state index contributed by atoms with van der Waals surface area (Å²) in [6, 6.07) is 5.76. The van der Waals surface area contributed by atoms with Crippen molar-refractivity contribution >= 4 is 10.9 Å². The predicted molar refractivity (Wildman–Crippen MR) is 52.3 cm³/mol. The largest absolute Gasteiger partial charge is 0.348 e. The molecule has 0 aliphatic heterocycles. The van der Waals surface area contributed by atoms with Gasteiger partial charge in [-0.1, -0.05) is 19.1 Å². The summed E-state index contributed by atoms with van der Waals surface area (Å²) in [5.74, 6) is -0.0764. The number of fused-ring (bicyclic) bond motifs is 1. The molecule has 0 bridgehead atoms. The van der Waals surface area contributed by atoms with Gasteiger partial charge in [0.25, 0.3) is 0 Å². The van der Waals surface area contributed by atoms with Crippen LogP contribution in [-0.4, -0.2) is 4.57 Å². The van der Waals surface area contributed by atoms with Crippen molar-refractivity contribution in [3.8, 4) is 0 Å². The molecular weight excluding hydrogens is 165 g/mol. The van der Waals surface area contributed by atoms with Crippen molar-refractivity contribution in [2.24, 2.45) is 7.05 Å². The van der Waals surface area contributed by atoms with Crippen molar-refractivity contribution in [2.75, 3.05) is 0 Å². The Balaban J connectivity index is 2.83. The van der Waals surface area contributed by atoms with E-state index in [0.29, 0.717) is 5.52 Å². The zero-order chi connectivity index (χ0) is 9.42. The van der Waals surface area contributed by atoms with Crippen LogP contribution >= 0.6 is 0 Å². The Kier molecular flexibility index (Phi) is 1.83. The SMILES string of the molecule is CCc1ccc2ccn(C)c2c1F. The van der Waals surface area contributed by atoms with E-state index in [4.69, 9.17) is 0 Å². The minimum absolute atomic E-state index is 0.0764. The van der Waals surface area contributed by atoms with Gasteiger partial charge in [-0.3, -0.25) is 0 Å². The number of benzene rings is 1. The second kappa shape index (κ2) is 2.87. The van der Waals surface area contributed by atoms with Crippen LogP contribution < -0.4 is 0 Å². The van der Waals surface area contributed by atoms with Gasteiger partial charge in [0.1, 0.15) is 0 Å². The number of hydrogen-bond donors (Lipinski definition) is 0. The van der Waals surface area contributed by atoms with Crippen LogP contribution in [0.15, 0.2) is 24.4 Å². The van der Waals surface area contributed by atoms with Crippen LogP contribution in [0.25, 0.3) is 10.9 Å². The zero-order valence-corrected chi connectivity index (χ0v) is 7.84. The fourth-order valence-electron chi connectivity index (χ4n) is 1.65. The highest BCUT2D eigenvalue weighted by Crippen LogP contribution is 2.21. The van der Waals surface area contributed by atoms with E-state index in [2.05, 4.69) is 0 Å². The highest BCUT2D eigenvalue weighted by atomic mass is 19.1. The minimum Gasteiger partial charge on any atom is -0.348 e. The summed E-state index contributed by atoms with van der Waals surface area (Å²) in [6.07, 6.45) is 2.63. The Morgan fingerprint density at radius 2 is 2.08 bits per heavy atom. The molecule has 2 heteroatoms. The van der Waals surface area contributed by atoms with Crippen molar-refractivity contribution in [1.29, 1.82) is 0 Å². The van der Waals surface area contributed by atoms with Gasteiger partial charge in [0.05, 0.1) is 5.52 Å². The van der Waals surface area contributed by atoms with Crippen LogP contribution in [0.3, 0.4) is 0 Å². The van der Waals surface area contributed by atoms with Gasteiger partial charge in [-0.25, -0.2) is 4.39 Å². The van der Waals surface area contributed by atoms with E-state index in [1.807, 2.05) is 42.9 Å². The normalized spacial score (nSPS) is 11.0. The second-order valence-electron chi connectivity index (χ2n) is 3.26. The molecule has 0 atom stereocenters. The molecule has 1 aromatic carbocycles. The number of halogens is 1. The number of aromatic nitrogens is 1. The Labute approximate surface area is 76.8 Å². The third-order valence-electron chi connectivity index (χ3n) is 2.44. The second-order valence-corrected chi connectivity index (χ2v) is 3.26. The molecular formula is C11H12FN. The third-order valence-corrected chi connectivity index (χ3v) is 2.44. The van der Waals surface area contributed by atoms with Crippen molar-refractivity contribution in [3.63, 3.8) is 0 Å². The van der Waals surface area contributed by atoms with Crippen molar-refractivity contribution in [3.05, 3.63) is 35.8 Å². The maximum absolute atomic E-state index is 13.7. The van der Waals surface area contributed by atoms with Gasteiger partial charge in [-0.05, 0) is 18.1 Å². The van der Waals surface area contributed by atoms with E-state index in [0.717, 1.165) is 17.4 Å². The molecule has 68 valence electrons. The predicted octanol–water partition coefficient (Wildman–Crippen LogP) is 2.88. The van der Waals surface area contributed by atoms with E-state index >= 15 is 0 Å². The van der Waals surface area contributed by atoms with Crippen molar-refractivity contribution in [1.82, 2.24) is 4.57 Å². The molecule has 0 fully saturated rings. The average molecular weight is 177 g/mol. The van der Waals surface area contributed by atoms with Gasteiger partial charge >= 0.3 is 0 Å². The fraction of sp³-hybridized carbons (Fsp3) is 0.273. The van der Waals surface area contributed by atoms with Gasteiger partial charge < -0.3 is 4.57 Å². The molecule has 0 aliphatic carbocycles. The van der Waals surface area contributed by atoms with Crippen LogP contribution in [-0.2, 0) is 13.5 Å². The number of aryl methyl sites for hydroxylation is 2. The van der Waals surface area contributed by atoms with Gasteiger partial charge in [0, 0.05) is 18.6 Å². The van der Waals surface area contributed by atoms with Gasteiger partial charge in [-0.15, -0.1) is 0 Å². The molecule has 0 saturated heterocycles. The molecule has 1 aromatic heterocycles. The van der Waals surface area contributed by atoms with Gasteiger partial charge in [0.15, 0.2) is 5.82 Å². The maximum atomic E-state index is 13.7. The molecule has 1 nitrogen and oxygen atoms in total. The van der Waals surface area contributed by atoms with E-state index in [1.165, 1.54) is 0 Å². The number of rotatable bonds is 1. The smallest absolute Gasteiger partial charge is 0.150 e. The topological polar surface area (TPSA) is 4.93 Å². The Bertz CT molecular complexity index is 443. The molecule has 0 amide bonds. The average Bonchev–Trinajstić information content (AvgIpc) is 2.49. The first kappa shape index (κ1) is 8.30. The van der Waals surface area contributed by atoms with Gasteiger partial charge in [-0.2, -0.15) is 0 Å². The summed E-state index contributed by atoms with van der Waals surface area (Å²) in [5.41, 5.74) is 1.49. The molecule has 0 saturated carbocycles. The van der Waals surface area contributed by atoms with Crippen LogP contribution in [0.2, 0.25) is 0 Å². The zero-order valence-electron chi connectivity index (χ0n) is 7.84. The molecule has 0 unspecified atom stereocenters. The first-order valence-electron chi connectivity index (χ1n) is 4.46. The minimum atomic E-state index is -0.0764. The summed E-state index contributed by atoms with van der Waals surface area (Å²) < 4.78 is 15.6. The molecule has 0 spiro atoms. The van der Waals surface area contributed by atoms with Crippen molar-refractivity contribution in [2.45, 2.75) is 13.3 Å². The Morgan fingerprint density at radius 1 is 1.31 bits per heavy atom. The third kappa shape index (κ3) is 1.13. The lowest BCUT2D eigenvalue weighted by Crippen LogP contribution is -1.93. The summed E-state index contributed by atoms with van der Waals surface area (Å²) in [5, 5.41) is 0.970. The highest BCUT2D eigenvalue weighted by Gasteiger charge is 2.07. The molecule has 0 N–H and O–H groups in total. The molecule has 2 aromatic rings. The molecule has 2 rings (SSSR count). The molecule has 0 aliphatic rings. The lowest BCUT2D eigenvalue weighted by molar-refractivity contribution is 0.617. The summed E-state index contributed by atoms with van der Waals surface area (Å²) in [4.78, 5) is 0. The van der Waals surface area contributed by atoms with E-state index < -0.39 is 0 Å². The molecule has 13 heavy (non-hydrogen) atoms. The quantitative estimate of drug-likeness (QED) is 0.631. The fourth-order valence-corrected chi connectivity index (χ4v) is 1.65. The van der Waals surface area contributed by atoms with E-state index in [-0.39, 0.29) is 5.82 Å². The molecule has 0 radical (unpaired) electrons. The van der Waals surface area contributed by atoms with Crippen LogP contribution in [0.1, 0.15) is 12.5 Å². The lowest BCUT2D eigenvalue weighted by Gasteiger charge is -2.02. The lowest BCUT2D eigenvalue weighted by atomic mass is 10.1. The monoisotopic (exact) mass is 177 g/mol. The van der Waals surface area contributed by atoms with Crippen molar-refractivity contribution < 1.29 is 4.39 Å². The summed E-state index contributed by atoms with van der Waals surface area (Å²) >= 11 is 0. The number of nitrogens with zero attached hydrogens (tertiary/aromatic N) is 1.